The Morgan fingerprint density at radius 2 is 2.09 bits per heavy atom. The SMILES string of the molecule is Cc1oc(-c2ccccc2Cl)nc1CC(=O)NCC1CCCC1. The number of halogens is 1. The van der Waals surface area contributed by atoms with Gasteiger partial charge in [0.25, 0.3) is 0 Å². The fourth-order valence-electron chi connectivity index (χ4n) is 3.03. The van der Waals surface area contributed by atoms with E-state index < -0.39 is 0 Å². The second kappa shape index (κ2) is 7.18. The first-order valence-electron chi connectivity index (χ1n) is 8.11. The maximum absolute atomic E-state index is 12.1. The molecule has 0 radical (unpaired) electrons. The predicted molar refractivity (Wildman–Crippen MR) is 90.4 cm³/mol. The first kappa shape index (κ1) is 16.1. The molecule has 3 rings (SSSR count). The van der Waals surface area contributed by atoms with E-state index in [0.717, 1.165) is 12.1 Å². The van der Waals surface area contributed by atoms with Gasteiger partial charge in [0.15, 0.2) is 0 Å². The number of amides is 1. The summed E-state index contributed by atoms with van der Waals surface area (Å²) in [6, 6.07) is 7.40. The minimum Gasteiger partial charge on any atom is -0.441 e. The Labute approximate surface area is 141 Å². The van der Waals surface area contributed by atoms with Crippen LogP contribution < -0.4 is 5.32 Å². The quantitative estimate of drug-likeness (QED) is 0.894. The predicted octanol–water partition coefficient (Wildman–Crippen LogP) is 4.15. The van der Waals surface area contributed by atoms with Gasteiger partial charge in [0.1, 0.15) is 5.76 Å². The van der Waals surface area contributed by atoms with E-state index in [1.165, 1.54) is 25.7 Å². The third kappa shape index (κ3) is 3.94. The lowest BCUT2D eigenvalue weighted by Crippen LogP contribution is -2.29. The van der Waals surface area contributed by atoms with Crippen LogP contribution in [0.3, 0.4) is 0 Å². The second-order valence-electron chi connectivity index (χ2n) is 6.13. The molecular formula is C18H21ClN2O2. The lowest BCUT2D eigenvalue weighted by Gasteiger charge is -2.09. The molecule has 0 bridgehead atoms. The molecule has 1 aliphatic rings. The monoisotopic (exact) mass is 332 g/mol. The Morgan fingerprint density at radius 3 is 2.83 bits per heavy atom. The maximum Gasteiger partial charge on any atom is 0.228 e. The average molecular weight is 333 g/mol. The van der Waals surface area contributed by atoms with Crippen molar-refractivity contribution in [3.63, 3.8) is 0 Å². The van der Waals surface area contributed by atoms with E-state index in [0.29, 0.717) is 28.3 Å². The van der Waals surface area contributed by atoms with Crippen molar-refractivity contribution in [1.29, 1.82) is 0 Å². The molecular weight excluding hydrogens is 312 g/mol. The number of benzene rings is 1. The van der Waals surface area contributed by atoms with Crippen molar-refractivity contribution >= 4 is 17.5 Å². The van der Waals surface area contributed by atoms with Crippen LogP contribution in [-0.2, 0) is 11.2 Å². The van der Waals surface area contributed by atoms with Gasteiger partial charge in [-0.05, 0) is 37.8 Å². The van der Waals surface area contributed by atoms with Gasteiger partial charge in [-0.1, -0.05) is 36.6 Å². The first-order valence-corrected chi connectivity index (χ1v) is 8.49. The van der Waals surface area contributed by atoms with E-state index in [1.807, 2.05) is 25.1 Å². The summed E-state index contributed by atoms with van der Waals surface area (Å²) in [6.45, 7) is 2.60. The van der Waals surface area contributed by atoms with Crippen LogP contribution in [0.2, 0.25) is 5.02 Å². The maximum atomic E-state index is 12.1. The molecule has 0 atom stereocenters. The number of nitrogens with one attached hydrogen (secondary N) is 1. The van der Waals surface area contributed by atoms with Gasteiger partial charge in [0.2, 0.25) is 11.8 Å². The van der Waals surface area contributed by atoms with Crippen molar-refractivity contribution in [2.45, 2.75) is 39.0 Å². The van der Waals surface area contributed by atoms with Gasteiger partial charge < -0.3 is 9.73 Å². The summed E-state index contributed by atoms with van der Waals surface area (Å²) in [4.78, 5) is 16.6. The standard InChI is InChI=1S/C18H21ClN2O2/c1-12-16(10-17(22)20-11-13-6-2-3-7-13)21-18(23-12)14-8-4-5-9-15(14)19/h4-5,8-9,13H,2-3,6-7,10-11H2,1H3,(H,20,22). The van der Waals surface area contributed by atoms with E-state index >= 15 is 0 Å². The topological polar surface area (TPSA) is 55.1 Å². The number of oxazole rings is 1. The minimum atomic E-state index is -0.000918. The summed E-state index contributed by atoms with van der Waals surface area (Å²) in [6.07, 6.45) is 5.25. The van der Waals surface area contributed by atoms with Crippen molar-refractivity contribution in [3.05, 3.63) is 40.7 Å². The fraction of sp³-hybridized carbons (Fsp3) is 0.444. The number of carbonyl (C=O) groups excluding carboxylic acids is 1. The van der Waals surface area contributed by atoms with Crippen LogP contribution >= 0.6 is 11.6 Å². The molecule has 1 aliphatic carbocycles. The third-order valence-corrected chi connectivity index (χ3v) is 4.72. The molecule has 0 aliphatic heterocycles. The zero-order chi connectivity index (χ0) is 16.2. The first-order chi connectivity index (χ1) is 11.1. The van der Waals surface area contributed by atoms with Gasteiger partial charge in [-0.3, -0.25) is 4.79 Å². The number of aryl methyl sites for hydroxylation is 1. The van der Waals surface area contributed by atoms with Gasteiger partial charge in [0, 0.05) is 6.54 Å². The molecule has 0 spiro atoms. The van der Waals surface area contributed by atoms with E-state index in [-0.39, 0.29) is 12.3 Å². The number of hydrogen-bond acceptors (Lipinski definition) is 3. The normalized spacial score (nSPS) is 15.0. The highest BCUT2D eigenvalue weighted by Gasteiger charge is 2.18. The third-order valence-electron chi connectivity index (χ3n) is 4.39. The number of carbonyl (C=O) groups is 1. The molecule has 122 valence electrons. The molecule has 2 aromatic rings. The molecule has 0 saturated heterocycles. The molecule has 1 N–H and O–H groups in total. The fourth-order valence-corrected chi connectivity index (χ4v) is 3.25. The Morgan fingerprint density at radius 1 is 1.35 bits per heavy atom. The highest BCUT2D eigenvalue weighted by Crippen LogP contribution is 2.28. The zero-order valence-corrected chi connectivity index (χ0v) is 14.0. The number of nitrogens with zero attached hydrogens (tertiary/aromatic N) is 1. The molecule has 1 aromatic heterocycles. The molecule has 1 aromatic carbocycles. The smallest absolute Gasteiger partial charge is 0.228 e. The van der Waals surface area contributed by atoms with Crippen LogP contribution in [-0.4, -0.2) is 17.4 Å². The summed E-state index contributed by atoms with van der Waals surface area (Å²) >= 11 is 6.17. The summed E-state index contributed by atoms with van der Waals surface area (Å²) in [5.74, 6) is 1.76. The number of aromatic nitrogens is 1. The largest absolute Gasteiger partial charge is 0.441 e. The average Bonchev–Trinajstić information content (AvgIpc) is 3.16. The van der Waals surface area contributed by atoms with Crippen LogP contribution in [0.1, 0.15) is 37.1 Å². The van der Waals surface area contributed by atoms with Crippen molar-refractivity contribution < 1.29 is 9.21 Å². The molecule has 4 nitrogen and oxygen atoms in total. The minimum absolute atomic E-state index is 0.000918. The molecule has 1 amide bonds. The van der Waals surface area contributed by atoms with Gasteiger partial charge in [0.05, 0.1) is 22.7 Å². The van der Waals surface area contributed by atoms with Crippen molar-refractivity contribution in [1.82, 2.24) is 10.3 Å². The summed E-state index contributed by atoms with van der Waals surface area (Å²) in [5, 5.41) is 3.60. The van der Waals surface area contributed by atoms with E-state index in [4.69, 9.17) is 16.0 Å². The lowest BCUT2D eigenvalue weighted by atomic mass is 10.1. The molecule has 1 saturated carbocycles. The highest BCUT2D eigenvalue weighted by atomic mass is 35.5. The number of hydrogen-bond donors (Lipinski definition) is 1. The second-order valence-corrected chi connectivity index (χ2v) is 6.54. The Bertz CT molecular complexity index is 690. The summed E-state index contributed by atoms with van der Waals surface area (Å²) in [5.41, 5.74) is 1.42. The van der Waals surface area contributed by atoms with Crippen LogP contribution in [0.15, 0.2) is 28.7 Å². The zero-order valence-electron chi connectivity index (χ0n) is 13.3. The number of rotatable bonds is 5. The summed E-state index contributed by atoms with van der Waals surface area (Å²) < 4.78 is 5.68. The van der Waals surface area contributed by atoms with Crippen LogP contribution in [0.25, 0.3) is 11.5 Å². The van der Waals surface area contributed by atoms with Crippen LogP contribution in [0.5, 0.6) is 0 Å². The summed E-state index contributed by atoms with van der Waals surface area (Å²) in [7, 11) is 0. The highest BCUT2D eigenvalue weighted by molar-refractivity contribution is 6.33. The van der Waals surface area contributed by atoms with Gasteiger partial charge in [-0.15, -0.1) is 0 Å². The molecule has 5 heteroatoms. The van der Waals surface area contributed by atoms with Gasteiger partial charge in [-0.25, -0.2) is 4.98 Å². The Hall–Kier alpha value is -1.81. The van der Waals surface area contributed by atoms with Gasteiger partial charge in [-0.2, -0.15) is 0 Å². The van der Waals surface area contributed by atoms with Gasteiger partial charge >= 0.3 is 0 Å². The molecule has 0 unspecified atom stereocenters. The molecule has 1 heterocycles. The molecule has 1 fully saturated rings. The van der Waals surface area contributed by atoms with E-state index in [1.54, 1.807) is 6.07 Å². The lowest BCUT2D eigenvalue weighted by molar-refractivity contribution is -0.120. The van der Waals surface area contributed by atoms with Crippen LogP contribution in [0, 0.1) is 12.8 Å². The van der Waals surface area contributed by atoms with E-state index in [9.17, 15) is 4.79 Å². The Balaban J connectivity index is 1.64. The van der Waals surface area contributed by atoms with Crippen molar-refractivity contribution in [2.24, 2.45) is 5.92 Å². The van der Waals surface area contributed by atoms with E-state index in [2.05, 4.69) is 10.3 Å². The Kier molecular flexibility index (Phi) is 5.01. The van der Waals surface area contributed by atoms with Crippen molar-refractivity contribution in [2.75, 3.05) is 6.54 Å². The van der Waals surface area contributed by atoms with Crippen molar-refractivity contribution in [3.8, 4) is 11.5 Å². The van der Waals surface area contributed by atoms with Crippen LogP contribution in [0.4, 0.5) is 0 Å². The molecule has 23 heavy (non-hydrogen) atoms.